The number of halogens is 2. The number of hydrogen-bond acceptors (Lipinski definition) is 3. The van der Waals surface area contributed by atoms with Gasteiger partial charge in [-0.3, -0.25) is 4.79 Å². The number of fused-ring (bicyclic) bond motifs is 1. The Morgan fingerprint density at radius 3 is 2.86 bits per heavy atom. The number of hydrogen-bond donors (Lipinski definition) is 0. The molecule has 2 heterocycles. The van der Waals surface area contributed by atoms with Gasteiger partial charge in [0.05, 0.1) is 16.4 Å². The van der Waals surface area contributed by atoms with E-state index in [1.165, 1.54) is 16.9 Å². The van der Waals surface area contributed by atoms with Gasteiger partial charge in [0.2, 0.25) is 0 Å². The first-order chi connectivity index (χ1) is 10.1. The lowest BCUT2D eigenvalue weighted by molar-refractivity contribution is 0.0997. The van der Waals surface area contributed by atoms with Crippen LogP contribution in [0.5, 0.6) is 0 Å². The van der Waals surface area contributed by atoms with Crippen molar-refractivity contribution >= 4 is 46.0 Å². The molecule has 0 saturated heterocycles. The fourth-order valence-electron chi connectivity index (χ4n) is 2.77. The Labute approximate surface area is 138 Å². The molecule has 0 N–H and O–H groups in total. The van der Waals surface area contributed by atoms with Crippen LogP contribution in [-0.2, 0) is 6.42 Å². The van der Waals surface area contributed by atoms with E-state index in [1.807, 2.05) is 12.1 Å². The smallest absolute Gasteiger partial charge is 0.184 e. The number of benzene rings is 1. The van der Waals surface area contributed by atoms with E-state index in [9.17, 15) is 4.79 Å². The number of nitrogens with zero attached hydrogens (tertiary/aromatic N) is 1. The van der Waals surface area contributed by atoms with Crippen LogP contribution < -0.4 is 4.90 Å². The topological polar surface area (TPSA) is 20.3 Å². The van der Waals surface area contributed by atoms with Crippen molar-refractivity contribution in [1.82, 2.24) is 0 Å². The Morgan fingerprint density at radius 2 is 2.14 bits per heavy atom. The summed E-state index contributed by atoms with van der Waals surface area (Å²) in [6, 6.07) is 10.3. The second-order valence-electron chi connectivity index (χ2n) is 5.31. The van der Waals surface area contributed by atoms with Crippen molar-refractivity contribution in [3.63, 3.8) is 0 Å². The van der Waals surface area contributed by atoms with Crippen molar-refractivity contribution in [2.24, 2.45) is 0 Å². The number of aryl methyl sites for hydroxylation is 1. The van der Waals surface area contributed by atoms with Gasteiger partial charge in [-0.15, -0.1) is 11.3 Å². The number of Topliss-reactive ketones (excluding diaryl/α,β-unsaturated/α-hetero) is 1. The molecule has 21 heavy (non-hydrogen) atoms. The number of ketones is 1. The molecular formula is C16H15Cl2NOS. The summed E-state index contributed by atoms with van der Waals surface area (Å²) in [6.07, 6.45) is 2.12. The van der Waals surface area contributed by atoms with E-state index >= 15 is 0 Å². The summed E-state index contributed by atoms with van der Waals surface area (Å²) in [7, 11) is 0. The van der Waals surface area contributed by atoms with Gasteiger partial charge >= 0.3 is 0 Å². The molecule has 1 aromatic heterocycles. The Bertz CT molecular complexity index is 683. The highest BCUT2D eigenvalue weighted by Crippen LogP contribution is 2.34. The zero-order valence-corrected chi connectivity index (χ0v) is 13.9. The third kappa shape index (κ3) is 2.96. The highest BCUT2D eigenvalue weighted by molar-refractivity contribution is 7.20. The fourth-order valence-corrected chi connectivity index (χ4v) is 4.27. The quantitative estimate of drug-likeness (QED) is 0.727. The minimum absolute atomic E-state index is 0.0201. The van der Waals surface area contributed by atoms with Gasteiger partial charge in [0.15, 0.2) is 5.78 Å². The van der Waals surface area contributed by atoms with Gasteiger partial charge in [0.1, 0.15) is 4.34 Å². The minimum Gasteiger partial charge on any atom is -0.361 e. The van der Waals surface area contributed by atoms with Crippen molar-refractivity contribution in [2.75, 3.05) is 11.4 Å². The van der Waals surface area contributed by atoms with E-state index in [2.05, 4.69) is 24.0 Å². The van der Waals surface area contributed by atoms with E-state index in [0.717, 1.165) is 18.5 Å². The number of rotatable bonds is 3. The second kappa shape index (κ2) is 5.99. The van der Waals surface area contributed by atoms with Crippen LogP contribution in [-0.4, -0.2) is 18.4 Å². The molecule has 3 rings (SSSR count). The van der Waals surface area contributed by atoms with Gasteiger partial charge in [-0.1, -0.05) is 41.4 Å². The standard InChI is InChI=1S/C16H15Cl2NOS/c1-10-6-7-11-4-2-3-5-13(11)19(10)9-14(20)12-8-15(17)21-16(12)18/h2-5,8,10H,6-7,9H2,1H3. The van der Waals surface area contributed by atoms with Gasteiger partial charge in [-0.05, 0) is 37.5 Å². The summed E-state index contributed by atoms with van der Waals surface area (Å²) in [5.74, 6) is 0.0201. The van der Waals surface area contributed by atoms with Gasteiger partial charge in [-0.2, -0.15) is 0 Å². The van der Waals surface area contributed by atoms with Crippen molar-refractivity contribution in [3.8, 4) is 0 Å². The molecule has 0 bridgehead atoms. The molecule has 0 saturated carbocycles. The molecule has 5 heteroatoms. The predicted octanol–water partition coefficient (Wildman–Crippen LogP) is 5.08. The fraction of sp³-hybridized carbons (Fsp3) is 0.312. The van der Waals surface area contributed by atoms with Crippen molar-refractivity contribution in [2.45, 2.75) is 25.8 Å². The maximum atomic E-state index is 12.5. The lowest BCUT2D eigenvalue weighted by Crippen LogP contribution is -2.40. The Hall–Kier alpha value is -1.03. The number of carbonyl (C=O) groups is 1. The third-order valence-corrected chi connectivity index (χ3v) is 5.42. The van der Waals surface area contributed by atoms with Crippen LogP contribution in [0.4, 0.5) is 5.69 Å². The summed E-state index contributed by atoms with van der Waals surface area (Å²) in [4.78, 5) is 14.7. The molecular weight excluding hydrogens is 325 g/mol. The van der Waals surface area contributed by atoms with Crippen molar-refractivity contribution in [1.29, 1.82) is 0 Å². The Balaban J connectivity index is 1.87. The minimum atomic E-state index is 0.0201. The van der Waals surface area contributed by atoms with Crippen LogP contribution in [0.25, 0.3) is 0 Å². The average molecular weight is 340 g/mol. The molecule has 0 spiro atoms. The van der Waals surface area contributed by atoms with Crippen LogP contribution in [0.1, 0.15) is 29.3 Å². The molecule has 1 unspecified atom stereocenters. The molecule has 2 aromatic rings. The molecule has 1 aliphatic heterocycles. The number of para-hydroxylation sites is 1. The molecule has 110 valence electrons. The van der Waals surface area contributed by atoms with E-state index in [1.54, 1.807) is 6.07 Å². The molecule has 0 fully saturated rings. The monoisotopic (exact) mass is 339 g/mol. The number of thiophene rings is 1. The van der Waals surface area contributed by atoms with E-state index in [4.69, 9.17) is 23.2 Å². The molecule has 1 aliphatic rings. The van der Waals surface area contributed by atoms with Gasteiger partial charge in [-0.25, -0.2) is 0 Å². The predicted molar refractivity (Wildman–Crippen MR) is 90.2 cm³/mol. The zero-order valence-electron chi connectivity index (χ0n) is 11.6. The van der Waals surface area contributed by atoms with E-state index in [0.29, 0.717) is 26.8 Å². The number of anilines is 1. The molecule has 2 nitrogen and oxygen atoms in total. The average Bonchev–Trinajstić information content (AvgIpc) is 2.81. The zero-order chi connectivity index (χ0) is 15.0. The van der Waals surface area contributed by atoms with Crippen LogP contribution in [0.3, 0.4) is 0 Å². The Kier molecular flexibility index (Phi) is 4.25. The Morgan fingerprint density at radius 1 is 1.38 bits per heavy atom. The maximum absolute atomic E-state index is 12.5. The summed E-state index contributed by atoms with van der Waals surface area (Å²) < 4.78 is 1.03. The highest BCUT2D eigenvalue weighted by atomic mass is 35.5. The molecule has 0 aliphatic carbocycles. The molecule has 0 amide bonds. The van der Waals surface area contributed by atoms with Gasteiger partial charge in [0.25, 0.3) is 0 Å². The van der Waals surface area contributed by atoms with Crippen LogP contribution >= 0.6 is 34.5 Å². The van der Waals surface area contributed by atoms with E-state index in [-0.39, 0.29) is 5.78 Å². The van der Waals surface area contributed by atoms with E-state index < -0.39 is 0 Å². The maximum Gasteiger partial charge on any atom is 0.184 e. The molecule has 0 radical (unpaired) electrons. The molecule has 1 atom stereocenters. The van der Waals surface area contributed by atoms with Crippen LogP contribution in [0.2, 0.25) is 8.67 Å². The lowest BCUT2D eigenvalue weighted by Gasteiger charge is -2.36. The summed E-state index contributed by atoms with van der Waals surface area (Å²) in [6.45, 7) is 2.50. The third-order valence-electron chi connectivity index (χ3n) is 3.94. The van der Waals surface area contributed by atoms with Gasteiger partial charge in [0, 0.05) is 11.7 Å². The van der Waals surface area contributed by atoms with Crippen LogP contribution in [0, 0.1) is 0 Å². The number of carbonyl (C=O) groups excluding carboxylic acids is 1. The summed E-state index contributed by atoms with van der Waals surface area (Å²) >= 11 is 13.3. The highest BCUT2D eigenvalue weighted by Gasteiger charge is 2.26. The summed E-state index contributed by atoms with van der Waals surface area (Å²) in [5, 5.41) is 0. The first-order valence-electron chi connectivity index (χ1n) is 6.89. The normalized spacial score (nSPS) is 17.7. The van der Waals surface area contributed by atoms with Crippen molar-refractivity contribution in [3.05, 3.63) is 50.1 Å². The van der Waals surface area contributed by atoms with Crippen molar-refractivity contribution < 1.29 is 4.79 Å². The first-order valence-corrected chi connectivity index (χ1v) is 8.46. The second-order valence-corrected chi connectivity index (χ2v) is 7.59. The summed E-state index contributed by atoms with van der Waals surface area (Å²) in [5.41, 5.74) is 2.99. The van der Waals surface area contributed by atoms with Gasteiger partial charge < -0.3 is 4.90 Å². The largest absolute Gasteiger partial charge is 0.361 e. The molecule has 1 aromatic carbocycles. The lowest BCUT2D eigenvalue weighted by atomic mass is 9.96. The first kappa shape index (κ1) is 14.9. The SMILES string of the molecule is CC1CCc2ccccc2N1CC(=O)c1cc(Cl)sc1Cl. The van der Waals surface area contributed by atoms with Crippen LogP contribution in [0.15, 0.2) is 30.3 Å².